The Kier molecular flexibility index (Phi) is 1.86. The molecule has 0 radical (unpaired) electrons. The van der Waals surface area contributed by atoms with Crippen molar-refractivity contribution < 1.29 is 4.42 Å². The Balaban J connectivity index is 2.85. The highest BCUT2D eigenvalue weighted by molar-refractivity contribution is 9.10. The minimum Gasteiger partial charge on any atom is -0.464 e. The summed E-state index contributed by atoms with van der Waals surface area (Å²) in [5, 5.41) is 9.81. The lowest BCUT2D eigenvalue weighted by atomic mass is 10.1. The molecule has 1 heterocycles. The van der Waals surface area contributed by atoms with Crippen LogP contribution in [0.25, 0.3) is 11.0 Å². The van der Waals surface area contributed by atoms with Gasteiger partial charge in [-0.2, -0.15) is 5.26 Å². The van der Waals surface area contributed by atoms with Crippen molar-refractivity contribution in [3.63, 3.8) is 0 Å². The predicted molar refractivity (Wildman–Crippen MR) is 53.4 cm³/mol. The van der Waals surface area contributed by atoms with E-state index in [4.69, 9.17) is 9.68 Å². The zero-order valence-electron chi connectivity index (χ0n) is 6.97. The number of furan rings is 1. The van der Waals surface area contributed by atoms with Crippen LogP contribution < -0.4 is 0 Å². The zero-order valence-corrected chi connectivity index (χ0v) is 8.55. The van der Waals surface area contributed by atoms with E-state index in [2.05, 4.69) is 22.0 Å². The number of aryl methyl sites for hydroxylation is 1. The summed E-state index contributed by atoms with van der Waals surface area (Å²) in [5.74, 6) is 0. The van der Waals surface area contributed by atoms with Crippen LogP contribution in [-0.4, -0.2) is 0 Å². The summed E-state index contributed by atoms with van der Waals surface area (Å²) in [6.45, 7) is 1.98. The van der Waals surface area contributed by atoms with Crippen LogP contribution in [0.3, 0.4) is 0 Å². The predicted octanol–water partition coefficient (Wildman–Crippen LogP) is 3.38. The van der Waals surface area contributed by atoms with Crippen LogP contribution in [0.5, 0.6) is 0 Å². The number of fused-ring (bicyclic) bond motifs is 1. The summed E-state index contributed by atoms with van der Waals surface area (Å²) >= 11 is 3.33. The minimum absolute atomic E-state index is 0.599. The van der Waals surface area contributed by atoms with E-state index in [9.17, 15) is 0 Å². The molecule has 0 aliphatic carbocycles. The van der Waals surface area contributed by atoms with Crippen LogP contribution in [0, 0.1) is 18.3 Å². The van der Waals surface area contributed by atoms with Crippen molar-refractivity contribution in [2.75, 3.05) is 0 Å². The molecule has 13 heavy (non-hydrogen) atoms. The number of hydrogen-bond donors (Lipinski definition) is 0. The van der Waals surface area contributed by atoms with E-state index in [-0.39, 0.29) is 0 Å². The highest BCUT2D eigenvalue weighted by atomic mass is 79.9. The van der Waals surface area contributed by atoms with Crippen molar-refractivity contribution in [1.82, 2.24) is 0 Å². The SMILES string of the molecule is Cc1coc2cc(C#N)c(Br)cc12. The van der Waals surface area contributed by atoms with E-state index in [0.29, 0.717) is 5.56 Å². The molecule has 64 valence electrons. The van der Waals surface area contributed by atoms with Crippen LogP contribution >= 0.6 is 15.9 Å². The largest absolute Gasteiger partial charge is 0.464 e. The van der Waals surface area contributed by atoms with Crippen LogP contribution in [0.15, 0.2) is 27.3 Å². The number of nitriles is 1. The Morgan fingerprint density at radius 1 is 1.46 bits per heavy atom. The minimum atomic E-state index is 0.599. The van der Waals surface area contributed by atoms with E-state index < -0.39 is 0 Å². The molecule has 2 aromatic rings. The first kappa shape index (κ1) is 8.33. The fraction of sp³-hybridized carbons (Fsp3) is 0.100. The first-order chi connectivity index (χ1) is 6.22. The van der Waals surface area contributed by atoms with Crippen molar-refractivity contribution >= 4 is 26.9 Å². The molecule has 0 amide bonds. The second kappa shape index (κ2) is 2.90. The Morgan fingerprint density at radius 3 is 2.92 bits per heavy atom. The van der Waals surface area contributed by atoms with E-state index in [0.717, 1.165) is 21.0 Å². The quantitative estimate of drug-likeness (QED) is 0.703. The van der Waals surface area contributed by atoms with Crippen molar-refractivity contribution in [2.24, 2.45) is 0 Å². The maximum Gasteiger partial charge on any atom is 0.135 e. The third kappa shape index (κ3) is 1.24. The molecule has 2 nitrogen and oxygen atoms in total. The number of rotatable bonds is 0. The van der Waals surface area contributed by atoms with Crippen molar-refractivity contribution in [3.05, 3.63) is 34.0 Å². The summed E-state index contributed by atoms with van der Waals surface area (Å²) < 4.78 is 6.09. The Bertz CT molecular complexity index is 507. The van der Waals surface area contributed by atoms with Crippen molar-refractivity contribution in [1.29, 1.82) is 5.26 Å². The second-order valence-corrected chi connectivity index (χ2v) is 3.71. The molecule has 0 bridgehead atoms. The van der Waals surface area contributed by atoms with Gasteiger partial charge in [-0.05, 0) is 34.5 Å². The van der Waals surface area contributed by atoms with Gasteiger partial charge in [0.2, 0.25) is 0 Å². The molecule has 0 fully saturated rings. The van der Waals surface area contributed by atoms with Gasteiger partial charge in [0.1, 0.15) is 11.7 Å². The van der Waals surface area contributed by atoms with Crippen molar-refractivity contribution in [3.8, 4) is 6.07 Å². The van der Waals surface area contributed by atoms with E-state index in [1.54, 1.807) is 12.3 Å². The molecular weight excluding hydrogens is 230 g/mol. The topological polar surface area (TPSA) is 36.9 Å². The average Bonchev–Trinajstić information content (AvgIpc) is 2.47. The number of halogens is 1. The fourth-order valence-corrected chi connectivity index (χ4v) is 1.69. The van der Waals surface area contributed by atoms with Gasteiger partial charge in [-0.25, -0.2) is 0 Å². The maximum absolute atomic E-state index is 8.76. The number of nitrogens with zero attached hydrogens (tertiary/aromatic N) is 1. The lowest BCUT2D eigenvalue weighted by Crippen LogP contribution is -1.77. The summed E-state index contributed by atoms with van der Waals surface area (Å²) in [7, 11) is 0. The monoisotopic (exact) mass is 235 g/mol. The molecule has 0 unspecified atom stereocenters. The van der Waals surface area contributed by atoms with Gasteiger partial charge < -0.3 is 4.42 Å². The summed E-state index contributed by atoms with van der Waals surface area (Å²) in [5.41, 5.74) is 2.44. The lowest BCUT2D eigenvalue weighted by Gasteiger charge is -1.94. The molecule has 0 spiro atoms. The summed E-state index contributed by atoms with van der Waals surface area (Å²) in [4.78, 5) is 0. The molecular formula is C10H6BrNO. The van der Waals surface area contributed by atoms with Gasteiger partial charge in [0.15, 0.2) is 0 Å². The highest BCUT2D eigenvalue weighted by Crippen LogP contribution is 2.27. The van der Waals surface area contributed by atoms with Crippen LogP contribution in [-0.2, 0) is 0 Å². The van der Waals surface area contributed by atoms with Gasteiger partial charge >= 0.3 is 0 Å². The normalized spacial score (nSPS) is 10.2. The molecule has 0 aliphatic rings. The standard InChI is InChI=1S/C10H6BrNO/c1-6-5-13-10-2-7(4-12)9(11)3-8(6)10/h2-3,5H,1H3. The van der Waals surface area contributed by atoms with Gasteiger partial charge in [0.05, 0.1) is 11.8 Å². The Morgan fingerprint density at radius 2 is 2.23 bits per heavy atom. The molecule has 2 rings (SSSR count). The van der Waals surface area contributed by atoms with Gasteiger partial charge in [-0.1, -0.05) is 0 Å². The third-order valence-corrected chi connectivity index (χ3v) is 2.63. The van der Waals surface area contributed by atoms with E-state index >= 15 is 0 Å². The molecule has 0 atom stereocenters. The lowest BCUT2D eigenvalue weighted by molar-refractivity contribution is 0.613. The van der Waals surface area contributed by atoms with Gasteiger partial charge in [0, 0.05) is 15.9 Å². The van der Waals surface area contributed by atoms with Crippen LogP contribution in [0.2, 0.25) is 0 Å². The first-order valence-electron chi connectivity index (χ1n) is 3.80. The zero-order chi connectivity index (χ0) is 9.42. The molecule has 0 N–H and O–H groups in total. The van der Waals surface area contributed by atoms with Crippen LogP contribution in [0.4, 0.5) is 0 Å². The number of benzene rings is 1. The van der Waals surface area contributed by atoms with Crippen LogP contribution in [0.1, 0.15) is 11.1 Å². The molecule has 0 saturated carbocycles. The van der Waals surface area contributed by atoms with Gasteiger partial charge in [-0.3, -0.25) is 0 Å². The maximum atomic E-state index is 8.76. The molecule has 1 aromatic heterocycles. The van der Waals surface area contributed by atoms with E-state index in [1.165, 1.54) is 0 Å². The Hall–Kier alpha value is -1.27. The summed E-state index contributed by atoms with van der Waals surface area (Å²) in [6.07, 6.45) is 1.69. The number of hydrogen-bond acceptors (Lipinski definition) is 2. The molecule has 0 aliphatic heterocycles. The molecule has 0 saturated heterocycles. The fourth-order valence-electron chi connectivity index (χ4n) is 1.26. The summed E-state index contributed by atoms with van der Waals surface area (Å²) in [6, 6.07) is 5.74. The Labute approximate surface area is 83.9 Å². The van der Waals surface area contributed by atoms with Gasteiger partial charge in [-0.15, -0.1) is 0 Å². The average molecular weight is 236 g/mol. The van der Waals surface area contributed by atoms with E-state index in [1.807, 2.05) is 13.0 Å². The van der Waals surface area contributed by atoms with Crippen molar-refractivity contribution in [2.45, 2.75) is 6.92 Å². The smallest absolute Gasteiger partial charge is 0.135 e. The molecule has 3 heteroatoms. The first-order valence-corrected chi connectivity index (χ1v) is 4.59. The molecule has 1 aromatic carbocycles. The second-order valence-electron chi connectivity index (χ2n) is 2.86. The third-order valence-electron chi connectivity index (χ3n) is 1.98. The highest BCUT2D eigenvalue weighted by Gasteiger charge is 2.06. The van der Waals surface area contributed by atoms with Gasteiger partial charge in [0.25, 0.3) is 0 Å².